The van der Waals surface area contributed by atoms with E-state index in [2.05, 4.69) is 10.6 Å². The van der Waals surface area contributed by atoms with Crippen molar-refractivity contribution >= 4 is 17.5 Å². The van der Waals surface area contributed by atoms with Gasteiger partial charge in [0.2, 0.25) is 5.91 Å². The molecule has 2 aromatic carbocycles. The number of ether oxygens (including phenoxy) is 1. The smallest absolute Gasteiger partial charge is 0.252 e. The molecule has 0 radical (unpaired) electrons. The predicted molar refractivity (Wildman–Crippen MR) is 93.8 cm³/mol. The minimum Gasteiger partial charge on any atom is -0.382 e. The number of halogens is 1. The lowest BCUT2D eigenvalue weighted by molar-refractivity contribution is -0.114. The van der Waals surface area contributed by atoms with Gasteiger partial charge >= 0.3 is 0 Å². The monoisotopic (exact) mass is 344 g/mol. The Hall–Kier alpha value is -2.73. The molecule has 5 nitrogen and oxygen atoms in total. The molecular weight excluding hydrogens is 323 g/mol. The van der Waals surface area contributed by atoms with Gasteiger partial charge in [-0.05, 0) is 30.7 Å². The van der Waals surface area contributed by atoms with Gasteiger partial charge in [0, 0.05) is 19.6 Å². The van der Waals surface area contributed by atoms with E-state index < -0.39 is 23.2 Å². The van der Waals surface area contributed by atoms with E-state index in [1.807, 2.05) is 37.3 Å². The van der Waals surface area contributed by atoms with E-state index in [1.54, 1.807) is 7.11 Å². The molecule has 2 rings (SSSR count). The van der Waals surface area contributed by atoms with E-state index in [9.17, 15) is 14.0 Å². The zero-order valence-corrected chi connectivity index (χ0v) is 14.4. The third-order valence-corrected chi connectivity index (χ3v) is 3.77. The molecule has 132 valence electrons. The first-order chi connectivity index (χ1) is 11.9. The van der Waals surface area contributed by atoms with Gasteiger partial charge in [0.1, 0.15) is 5.82 Å². The minimum absolute atomic E-state index is 0.0340. The first-order valence-electron chi connectivity index (χ1n) is 7.80. The summed E-state index contributed by atoms with van der Waals surface area (Å²) in [5, 5.41) is 5.30. The fraction of sp³-hybridized carbons (Fsp3) is 0.263. The van der Waals surface area contributed by atoms with Crippen molar-refractivity contribution < 1.29 is 18.7 Å². The maximum absolute atomic E-state index is 13.8. The molecule has 0 spiro atoms. The number of hydrogen-bond donors (Lipinski definition) is 2. The number of benzene rings is 2. The lowest BCUT2D eigenvalue weighted by Gasteiger charge is -2.31. The third kappa shape index (κ3) is 4.64. The van der Waals surface area contributed by atoms with Crippen molar-refractivity contribution in [3.8, 4) is 0 Å². The van der Waals surface area contributed by atoms with Crippen LogP contribution in [0.2, 0.25) is 0 Å². The normalized spacial score (nSPS) is 13.0. The van der Waals surface area contributed by atoms with Crippen LogP contribution >= 0.6 is 0 Å². The summed E-state index contributed by atoms with van der Waals surface area (Å²) in [6, 6.07) is 13.3. The summed E-state index contributed by atoms with van der Waals surface area (Å²) >= 11 is 0. The van der Waals surface area contributed by atoms with Gasteiger partial charge in [-0.3, -0.25) is 9.59 Å². The quantitative estimate of drug-likeness (QED) is 0.846. The molecule has 0 unspecified atom stereocenters. The van der Waals surface area contributed by atoms with E-state index in [0.29, 0.717) is 0 Å². The number of carbonyl (C=O) groups is 2. The van der Waals surface area contributed by atoms with Crippen LogP contribution in [0.4, 0.5) is 10.1 Å². The Balaban J connectivity index is 2.28. The summed E-state index contributed by atoms with van der Waals surface area (Å²) in [6.07, 6.45) is 0. The molecule has 0 aliphatic carbocycles. The second-order valence-electron chi connectivity index (χ2n) is 5.96. The average molecular weight is 344 g/mol. The summed E-state index contributed by atoms with van der Waals surface area (Å²) < 4.78 is 19.0. The first-order valence-corrected chi connectivity index (χ1v) is 7.80. The van der Waals surface area contributed by atoms with Crippen molar-refractivity contribution in [3.05, 3.63) is 65.5 Å². The summed E-state index contributed by atoms with van der Waals surface area (Å²) in [7, 11) is 1.56. The van der Waals surface area contributed by atoms with Crippen LogP contribution in [-0.2, 0) is 15.1 Å². The maximum Gasteiger partial charge on any atom is 0.252 e. The van der Waals surface area contributed by atoms with Gasteiger partial charge in [0.25, 0.3) is 5.91 Å². The van der Waals surface area contributed by atoms with Gasteiger partial charge in [0.05, 0.1) is 17.8 Å². The number of carbonyl (C=O) groups excluding carboxylic acids is 2. The fourth-order valence-corrected chi connectivity index (χ4v) is 2.56. The van der Waals surface area contributed by atoms with Gasteiger partial charge in [-0.15, -0.1) is 0 Å². The molecule has 0 saturated heterocycles. The molecule has 0 bridgehead atoms. The van der Waals surface area contributed by atoms with Gasteiger partial charge in [0.15, 0.2) is 0 Å². The minimum atomic E-state index is -0.754. The van der Waals surface area contributed by atoms with Gasteiger partial charge in [-0.1, -0.05) is 30.3 Å². The highest BCUT2D eigenvalue weighted by Crippen LogP contribution is 2.23. The van der Waals surface area contributed by atoms with E-state index >= 15 is 0 Å². The topological polar surface area (TPSA) is 67.4 Å². The van der Waals surface area contributed by atoms with E-state index in [4.69, 9.17) is 4.74 Å². The zero-order valence-electron chi connectivity index (χ0n) is 14.4. The summed E-state index contributed by atoms with van der Waals surface area (Å²) in [6.45, 7) is 3.39. The Kier molecular flexibility index (Phi) is 5.88. The van der Waals surface area contributed by atoms with Crippen LogP contribution < -0.4 is 10.6 Å². The fourth-order valence-electron chi connectivity index (χ4n) is 2.56. The standard InChI is InChI=1S/C19H21FN2O3/c1-13(23)21-17-11-14(9-10-16(17)20)18(24)22-19(2,12-25-3)15-7-5-4-6-8-15/h4-11H,12H2,1-3H3,(H,21,23)(H,22,24)/t19-/m1/s1. The van der Waals surface area contributed by atoms with Crippen LogP contribution in [-0.4, -0.2) is 25.5 Å². The Morgan fingerprint density at radius 2 is 1.84 bits per heavy atom. The van der Waals surface area contributed by atoms with Crippen molar-refractivity contribution in [1.82, 2.24) is 5.32 Å². The number of anilines is 1. The summed E-state index contributed by atoms with van der Waals surface area (Å²) in [4.78, 5) is 23.8. The molecule has 6 heteroatoms. The highest BCUT2D eigenvalue weighted by molar-refractivity contribution is 5.97. The first kappa shape index (κ1) is 18.6. The number of hydrogen-bond acceptors (Lipinski definition) is 3. The molecule has 0 aromatic heterocycles. The van der Waals surface area contributed by atoms with E-state index in [0.717, 1.165) is 11.6 Å². The molecular formula is C19H21FN2O3. The molecule has 0 heterocycles. The predicted octanol–water partition coefficient (Wildman–Crippen LogP) is 3.08. The maximum atomic E-state index is 13.8. The van der Waals surface area contributed by atoms with Crippen LogP contribution in [0.25, 0.3) is 0 Å². The number of methoxy groups -OCH3 is 1. The van der Waals surface area contributed by atoms with Crippen LogP contribution in [0.15, 0.2) is 48.5 Å². The third-order valence-electron chi connectivity index (χ3n) is 3.77. The summed E-state index contributed by atoms with van der Waals surface area (Å²) in [5.74, 6) is -1.41. The van der Waals surface area contributed by atoms with Crippen LogP contribution in [0.3, 0.4) is 0 Å². The molecule has 1 atom stereocenters. The van der Waals surface area contributed by atoms with Crippen molar-refractivity contribution in [2.45, 2.75) is 19.4 Å². The van der Waals surface area contributed by atoms with E-state index in [-0.39, 0.29) is 17.9 Å². The Morgan fingerprint density at radius 1 is 1.16 bits per heavy atom. The highest BCUT2D eigenvalue weighted by atomic mass is 19.1. The molecule has 0 saturated carbocycles. The SMILES string of the molecule is COC[C@@](C)(NC(=O)c1ccc(F)c(NC(C)=O)c1)c1ccccc1. The summed E-state index contributed by atoms with van der Waals surface area (Å²) in [5.41, 5.74) is 0.335. The van der Waals surface area contributed by atoms with E-state index in [1.165, 1.54) is 19.1 Å². The van der Waals surface area contributed by atoms with Crippen molar-refractivity contribution in [3.63, 3.8) is 0 Å². The molecule has 25 heavy (non-hydrogen) atoms. The van der Waals surface area contributed by atoms with Crippen molar-refractivity contribution in [1.29, 1.82) is 0 Å². The van der Waals surface area contributed by atoms with Gasteiger partial charge in [-0.25, -0.2) is 4.39 Å². The van der Waals surface area contributed by atoms with Crippen LogP contribution in [0.5, 0.6) is 0 Å². The van der Waals surface area contributed by atoms with Gasteiger partial charge in [-0.2, -0.15) is 0 Å². The highest BCUT2D eigenvalue weighted by Gasteiger charge is 2.29. The second kappa shape index (κ2) is 7.90. The number of rotatable bonds is 6. The Bertz CT molecular complexity index is 765. The molecule has 0 aliphatic rings. The lowest BCUT2D eigenvalue weighted by Crippen LogP contribution is -2.46. The molecule has 2 N–H and O–H groups in total. The molecule has 0 aliphatic heterocycles. The van der Waals surface area contributed by atoms with Crippen molar-refractivity contribution in [2.75, 3.05) is 19.0 Å². The number of nitrogens with one attached hydrogen (secondary N) is 2. The van der Waals surface area contributed by atoms with Crippen LogP contribution in [0.1, 0.15) is 29.8 Å². The molecule has 0 fully saturated rings. The second-order valence-corrected chi connectivity index (χ2v) is 5.96. The average Bonchev–Trinajstić information content (AvgIpc) is 2.57. The number of amides is 2. The van der Waals surface area contributed by atoms with Gasteiger partial charge < -0.3 is 15.4 Å². The Labute approximate surface area is 146 Å². The van der Waals surface area contributed by atoms with Crippen LogP contribution in [0, 0.1) is 5.82 Å². The van der Waals surface area contributed by atoms with Crippen molar-refractivity contribution in [2.24, 2.45) is 0 Å². The Morgan fingerprint density at radius 3 is 2.44 bits per heavy atom. The largest absolute Gasteiger partial charge is 0.382 e. The lowest BCUT2D eigenvalue weighted by atomic mass is 9.92. The zero-order chi connectivity index (χ0) is 18.4. The molecule has 2 aromatic rings. The molecule has 2 amide bonds.